The van der Waals surface area contributed by atoms with Gasteiger partial charge in [0.05, 0.1) is 0 Å². The Morgan fingerprint density at radius 2 is 0.470 bits per heavy atom. The number of unbranched alkanes of at least 4 members (excludes halogenated alkanes) is 35. The highest BCUT2D eigenvalue weighted by Gasteiger charge is 2.19. The van der Waals surface area contributed by atoms with Crippen molar-refractivity contribution in [1.82, 2.24) is 0 Å². The molecule has 0 aliphatic heterocycles. The third-order valence-electron chi connectivity index (χ3n) is 15.3. The normalized spacial score (nSPS) is 12.8. The molecule has 1 atom stereocenters. The van der Waals surface area contributed by atoms with Gasteiger partial charge in [0.25, 0.3) is 0 Å². The molecular formula is C77H132O6. The lowest BCUT2D eigenvalue weighted by Gasteiger charge is -2.18. The molecule has 0 aromatic carbocycles. The van der Waals surface area contributed by atoms with Crippen LogP contribution in [-0.2, 0) is 28.6 Å². The average molecular weight is 1150 g/mol. The largest absolute Gasteiger partial charge is 0.462 e. The summed E-state index contributed by atoms with van der Waals surface area (Å²) in [5, 5.41) is 0. The lowest BCUT2D eigenvalue weighted by Crippen LogP contribution is -2.30. The van der Waals surface area contributed by atoms with E-state index in [1.54, 1.807) is 0 Å². The van der Waals surface area contributed by atoms with Crippen LogP contribution in [0.1, 0.15) is 342 Å². The second-order valence-electron chi connectivity index (χ2n) is 23.4. The number of carbonyl (C=O) groups is 3. The lowest BCUT2D eigenvalue weighted by molar-refractivity contribution is -0.167. The Bertz CT molecular complexity index is 1660. The number of ether oxygens (including phenoxy) is 3. The van der Waals surface area contributed by atoms with Crippen molar-refractivity contribution in [2.45, 2.75) is 348 Å². The topological polar surface area (TPSA) is 78.9 Å². The summed E-state index contributed by atoms with van der Waals surface area (Å²) in [6, 6.07) is 0. The highest BCUT2D eigenvalue weighted by molar-refractivity contribution is 5.71. The molecule has 83 heavy (non-hydrogen) atoms. The van der Waals surface area contributed by atoms with Crippen LogP contribution in [0.25, 0.3) is 0 Å². The van der Waals surface area contributed by atoms with E-state index in [1.165, 1.54) is 193 Å². The monoisotopic (exact) mass is 1150 g/mol. The van der Waals surface area contributed by atoms with Crippen LogP contribution in [0.5, 0.6) is 0 Å². The van der Waals surface area contributed by atoms with Crippen molar-refractivity contribution in [3.8, 4) is 0 Å². The van der Waals surface area contributed by atoms with Crippen molar-refractivity contribution in [1.29, 1.82) is 0 Å². The van der Waals surface area contributed by atoms with Crippen molar-refractivity contribution < 1.29 is 28.6 Å². The Morgan fingerprint density at radius 3 is 0.735 bits per heavy atom. The smallest absolute Gasteiger partial charge is 0.306 e. The average Bonchev–Trinajstić information content (AvgIpc) is 3.49. The molecule has 0 aromatic heterocycles. The Morgan fingerprint density at radius 1 is 0.253 bits per heavy atom. The second kappa shape index (κ2) is 70.6. The molecule has 0 saturated carbocycles. The quantitative estimate of drug-likeness (QED) is 0.0261. The summed E-state index contributed by atoms with van der Waals surface area (Å²) < 4.78 is 16.8. The minimum atomic E-state index is -0.800. The number of esters is 3. The molecule has 0 aromatic rings. The first-order chi connectivity index (χ1) is 41.0. The molecule has 0 aliphatic rings. The summed E-state index contributed by atoms with van der Waals surface area (Å²) in [6.45, 7) is 6.47. The van der Waals surface area contributed by atoms with Crippen molar-refractivity contribution in [3.63, 3.8) is 0 Å². The zero-order chi connectivity index (χ0) is 59.9. The van der Waals surface area contributed by atoms with Crippen LogP contribution < -0.4 is 0 Å². The fourth-order valence-electron chi connectivity index (χ4n) is 10.0. The van der Waals surface area contributed by atoms with Crippen molar-refractivity contribution in [2.24, 2.45) is 0 Å². The zero-order valence-electron chi connectivity index (χ0n) is 54.7. The van der Waals surface area contributed by atoms with Gasteiger partial charge >= 0.3 is 17.9 Å². The third-order valence-corrected chi connectivity index (χ3v) is 15.3. The van der Waals surface area contributed by atoms with Gasteiger partial charge in [-0.2, -0.15) is 0 Å². The van der Waals surface area contributed by atoms with Gasteiger partial charge in [0.15, 0.2) is 6.10 Å². The molecule has 0 radical (unpaired) electrons. The molecule has 0 bridgehead atoms. The Kier molecular flexibility index (Phi) is 67.2. The Labute approximate surface area is 514 Å². The molecule has 0 spiro atoms. The van der Waals surface area contributed by atoms with Gasteiger partial charge in [-0.3, -0.25) is 14.4 Å². The van der Waals surface area contributed by atoms with Gasteiger partial charge in [0, 0.05) is 19.3 Å². The van der Waals surface area contributed by atoms with Crippen LogP contribution in [0, 0.1) is 0 Å². The molecule has 6 nitrogen and oxygen atoms in total. The molecule has 1 unspecified atom stereocenters. The van der Waals surface area contributed by atoms with E-state index in [9.17, 15) is 14.4 Å². The highest BCUT2D eigenvalue weighted by Crippen LogP contribution is 2.18. The first kappa shape index (κ1) is 79.1. The van der Waals surface area contributed by atoms with Crippen LogP contribution in [0.2, 0.25) is 0 Å². The van der Waals surface area contributed by atoms with Gasteiger partial charge < -0.3 is 14.2 Å². The Balaban J connectivity index is 4.17. The fraction of sp³-hybridized carbons (Fsp3) is 0.727. The van der Waals surface area contributed by atoms with E-state index in [0.29, 0.717) is 19.3 Å². The van der Waals surface area contributed by atoms with E-state index >= 15 is 0 Å². The van der Waals surface area contributed by atoms with Crippen LogP contribution in [0.4, 0.5) is 0 Å². The van der Waals surface area contributed by atoms with Crippen LogP contribution >= 0.6 is 0 Å². The number of rotatable bonds is 64. The first-order valence-electron chi connectivity index (χ1n) is 35.4. The first-order valence-corrected chi connectivity index (χ1v) is 35.4. The predicted octanol–water partition coefficient (Wildman–Crippen LogP) is 24.6. The van der Waals surface area contributed by atoms with E-state index in [1.807, 2.05) is 0 Å². The van der Waals surface area contributed by atoms with Crippen LogP contribution in [-0.4, -0.2) is 37.2 Å². The molecular weight excluding hydrogens is 1020 g/mol. The van der Waals surface area contributed by atoms with Gasteiger partial charge in [-0.15, -0.1) is 0 Å². The van der Waals surface area contributed by atoms with Gasteiger partial charge in [-0.25, -0.2) is 0 Å². The van der Waals surface area contributed by atoms with Crippen molar-refractivity contribution in [2.75, 3.05) is 13.2 Å². The SMILES string of the molecule is CC/C=C\C/C=C\C/C=C\C/C=C\C/C=C\C/C=C\C/C=C\C/C=C\C/C=C\CCCC(=O)OCC(COC(=O)CCCCCCCCC)OC(=O)CCCCCCCCCCCCCCCCCCCCCCCCCCCCCCC. The van der Waals surface area contributed by atoms with E-state index < -0.39 is 6.10 Å². The van der Waals surface area contributed by atoms with Crippen LogP contribution in [0.3, 0.4) is 0 Å². The fourth-order valence-corrected chi connectivity index (χ4v) is 10.0. The number of hydrogen-bond acceptors (Lipinski definition) is 6. The summed E-state index contributed by atoms with van der Waals surface area (Å²) in [5.41, 5.74) is 0. The standard InChI is InChI=1S/C77H132O6/c1-4-7-10-13-16-18-20-22-24-26-28-30-32-34-36-38-40-42-44-46-48-50-52-54-56-58-61-64-67-70-76(79)82-73-74(72-81-75(78)69-66-63-60-15-12-9-6-3)83-77(80)71-68-65-62-59-57-55-53-51-49-47-45-43-41-39-37-35-33-31-29-27-25-23-21-19-17-14-11-8-5-2/h7,10,16,18,22,24,28,30,34,36,40,42,46,48,52,54,58,61,74H,4-6,8-9,11-15,17,19-21,23,25-27,29,31-33,35,37-39,41,43-45,47,49-51,53,55-57,59-60,62-73H2,1-3H3/b10-7-,18-16-,24-22-,30-28-,36-34-,42-40-,48-46-,54-52-,61-58-. The van der Waals surface area contributed by atoms with E-state index in [0.717, 1.165) is 103 Å². The predicted molar refractivity (Wildman–Crippen MR) is 362 cm³/mol. The maximum Gasteiger partial charge on any atom is 0.306 e. The molecule has 0 heterocycles. The van der Waals surface area contributed by atoms with Crippen molar-refractivity contribution in [3.05, 3.63) is 109 Å². The highest BCUT2D eigenvalue weighted by atomic mass is 16.6. The second-order valence-corrected chi connectivity index (χ2v) is 23.4. The summed E-state index contributed by atoms with van der Waals surface area (Å²) in [7, 11) is 0. The van der Waals surface area contributed by atoms with Gasteiger partial charge in [0.2, 0.25) is 0 Å². The molecule has 0 aliphatic carbocycles. The molecule has 0 saturated heterocycles. The van der Waals surface area contributed by atoms with Crippen molar-refractivity contribution >= 4 is 17.9 Å². The van der Waals surface area contributed by atoms with E-state index in [2.05, 4.69) is 130 Å². The molecule has 0 rings (SSSR count). The summed E-state index contributed by atoms with van der Waals surface area (Å²) in [5.74, 6) is -0.951. The minimum Gasteiger partial charge on any atom is -0.462 e. The molecule has 0 fully saturated rings. The lowest BCUT2D eigenvalue weighted by atomic mass is 10.0. The minimum absolute atomic E-state index is 0.0938. The molecule has 476 valence electrons. The summed E-state index contributed by atoms with van der Waals surface area (Å²) in [4.78, 5) is 38.1. The Hall–Kier alpha value is -3.93. The number of hydrogen-bond donors (Lipinski definition) is 0. The van der Waals surface area contributed by atoms with Gasteiger partial charge in [-0.05, 0) is 83.5 Å². The van der Waals surface area contributed by atoms with Crippen LogP contribution in [0.15, 0.2) is 109 Å². The maximum absolute atomic E-state index is 12.9. The zero-order valence-corrected chi connectivity index (χ0v) is 54.7. The molecule has 0 amide bonds. The number of allylic oxidation sites excluding steroid dienone is 18. The van der Waals surface area contributed by atoms with E-state index in [-0.39, 0.29) is 37.5 Å². The summed E-state index contributed by atoms with van der Waals surface area (Å²) >= 11 is 0. The third kappa shape index (κ3) is 68.7. The number of carbonyl (C=O) groups excluding carboxylic acids is 3. The van der Waals surface area contributed by atoms with Gasteiger partial charge in [-0.1, -0.05) is 348 Å². The summed E-state index contributed by atoms with van der Waals surface area (Å²) in [6.07, 6.45) is 97.3. The molecule has 0 N–H and O–H groups in total. The maximum atomic E-state index is 12.9. The van der Waals surface area contributed by atoms with E-state index in [4.69, 9.17) is 14.2 Å². The molecule has 6 heteroatoms. The van der Waals surface area contributed by atoms with Gasteiger partial charge in [0.1, 0.15) is 13.2 Å².